The summed E-state index contributed by atoms with van der Waals surface area (Å²) in [5.74, 6) is 0. The number of aromatic nitrogens is 3. The van der Waals surface area contributed by atoms with E-state index < -0.39 is 0 Å². The maximum absolute atomic E-state index is 4.44. The van der Waals surface area contributed by atoms with Crippen LogP contribution < -0.4 is 5.32 Å². The average Bonchev–Trinajstić information content (AvgIpc) is 2.76. The van der Waals surface area contributed by atoms with Gasteiger partial charge in [-0.15, -0.1) is 11.3 Å². The summed E-state index contributed by atoms with van der Waals surface area (Å²) in [6.45, 7) is 5.03. The molecule has 0 bridgehead atoms. The molecule has 0 aromatic carbocycles. The molecule has 5 heteroatoms. The Morgan fingerprint density at radius 2 is 2.25 bits per heavy atom. The van der Waals surface area contributed by atoms with Gasteiger partial charge in [0, 0.05) is 36.8 Å². The van der Waals surface area contributed by atoms with Gasteiger partial charge in [0.15, 0.2) is 5.13 Å². The molecule has 0 unspecified atom stereocenters. The van der Waals surface area contributed by atoms with Crippen molar-refractivity contribution in [3.63, 3.8) is 0 Å². The lowest BCUT2D eigenvalue weighted by Gasteiger charge is -2.02. The molecule has 0 amide bonds. The van der Waals surface area contributed by atoms with Crippen LogP contribution in [0, 0.1) is 13.8 Å². The third kappa shape index (κ3) is 2.41. The highest BCUT2D eigenvalue weighted by molar-refractivity contribution is 7.15. The van der Waals surface area contributed by atoms with Gasteiger partial charge in [-0.1, -0.05) is 0 Å². The predicted octanol–water partition coefficient (Wildman–Crippen LogP) is 2.15. The molecule has 86 valence electrons. The van der Waals surface area contributed by atoms with Crippen LogP contribution in [0.1, 0.15) is 16.3 Å². The molecule has 0 spiro atoms. The van der Waals surface area contributed by atoms with Crippen molar-refractivity contribution in [2.24, 2.45) is 7.05 Å². The number of thiazole rings is 1. The first-order valence-electron chi connectivity index (χ1n) is 5.31. The second kappa shape index (κ2) is 4.65. The fraction of sp³-hybridized carbons (Fsp3) is 0.455. The highest BCUT2D eigenvalue weighted by Gasteiger charge is 2.03. The molecule has 16 heavy (non-hydrogen) atoms. The minimum Gasteiger partial charge on any atom is -0.361 e. The Balaban J connectivity index is 1.87. The fourth-order valence-corrected chi connectivity index (χ4v) is 2.33. The van der Waals surface area contributed by atoms with Crippen LogP contribution in [0.25, 0.3) is 0 Å². The van der Waals surface area contributed by atoms with E-state index in [9.17, 15) is 0 Å². The second-order valence-electron chi connectivity index (χ2n) is 3.78. The number of nitrogens with one attached hydrogen (secondary N) is 1. The molecule has 2 heterocycles. The van der Waals surface area contributed by atoms with Crippen molar-refractivity contribution in [2.75, 3.05) is 11.9 Å². The summed E-state index contributed by atoms with van der Waals surface area (Å²) in [7, 11) is 1.97. The number of anilines is 1. The number of hydrogen-bond donors (Lipinski definition) is 1. The van der Waals surface area contributed by atoms with Crippen LogP contribution in [0.4, 0.5) is 5.13 Å². The lowest BCUT2D eigenvalue weighted by atomic mass is 10.3. The van der Waals surface area contributed by atoms with E-state index in [1.54, 1.807) is 11.3 Å². The summed E-state index contributed by atoms with van der Waals surface area (Å²) >= 11 is 1.71. The van der Waals surface area contributed by atoms with Crippen LogP contribution in [-0.2, 0) is 13.5 Å². The molecule has 4 nitrogen and oxygen atoms in total. The number of nitrogens with zero attached hydrogens (tertiary/aromatic N) is 3. The molecular formula is C11H16N4S. The van der Waals surface area contributed by atoms with Gasteiger partial charge in [0.1, 0.15) is 0 Å². The van der Waals surface area contributed by atoms with E-state index in [4.69, 9.17) is 0 Å². The standard InChI is InChI=1S/C11H16N4S/c1-8-9(2)16-11(14-8)12-6-4-10-5-7-13-15(10)3/h5,7H,4,6H2,1-3H3,(H,12,14). The van der Waals surface area contributed by atoms with E-state index in [0.717, 1.165) is 23.8 Å². The summed E-state index contributed by atoms with van der Waals surface area (Å²) in [4.78, 5) is 5.72. The minimum atomic E-state index is 0.895. The van der Waals surface area contributed by atoms with E-state index in [2.05, 4.69) is 22.3 Å². The van der Waals surface area contributed by atoms with Crippen molar-refractivity contribution in [3.8, 4) is 0 Å². The van der Waals surface area contributed by atoms with Crippen LogP contribution >= 0.6 is 11.3 Å². The maximum atomic E-state index is 4.44. The third-order valence-corrected chi connectivity index (χ3v) is 3.64. The highest BCUT2D eigenvalue weighted by atomic mass is 32.1. The van der Waals surface area contributed by atoms with Crippen LogP contribution in [0.3, 0.4) is 0 Å². The summed E-state index contributed by atoms with van der Waals surface area (Å²) < 4.78 is 1.90. The zero-order valence-corrected chi connectivity index (χ0v) is 10.6. The molecule has 2 aromatic heterocycles. The second-order valence-corrected chi connectivity index (χ2v) is 4.99. The zero-order valence-electron chi connectivity index (χ0n) is 9.82. The first-order valence-corrected chi connectivity index (χ1v) is 6.13. The van der Waals surface area contributed by atoms with Gasteiger partial charge in [0.25, 0.3) is 0 Å². The molecule has 0 radical (unpaired) electrons. The Morgan fingerprint density at radius 1 is 1.44 bits per heavy atom. The van der Waals surface area contributed by atoms with Gasteiger partial charge in [-0.2, -0.15) is 5.10 Å². The fourth-order valence-electron chi connectivity index (χ4n) is 1.49. The van der Waals surface area contributed by atoms with Crippen molar-refractivity contribution in [2.45, 2.75) is 20.3 Å². The number of aryl methyl sites for hydroxylation is 3. The zero-order chi connectivity index (χ0) is 11.5. The molecule has 2 rings (SSSR count). The lowest BCUT2D eigenvalue weighted by molar-refractivity contribution is 0.711. The van der Waals surface area contributed by atoms with E-state index in [-0.39, 0.29) is 0 Å². The smallest absolute Gasteiger partial charge is 0.183 e. The van der Waals surface area contributed by atoms with Crippen LogP contribution in [0.5, 0.6) is 0 Å². The number of rotatable bonds is 4. The highest BCUT2D eigenvalue weighted by Crippen LogP contribution is 2.20. The van der Waals surface area contributed by atoms with Gasteiger partial charge in [-0.25, -0.2) is 4.98 Å². The van der Waals surface area contributed by atoms with E-state index in [0.29, 0.717) is 0 Å². The summed E-state index contributed by atoms with van der Waals surface area (Å²) in [6, 6.07) is 2.04. The Hall–Kier alpha value is -1.36. The first-order chi connectivity index (χ1) is 7.66. The molecule has 0 aliphatic carbocycles. The minimum absolute atomic E-state index is 0.895. The topological polar surface area (TPSA) is 42.7 Å². The van der Waals surface area contributed by atoms with Gasteiger partial charge < -0.3 is 5.32 Å². The van der Waals surface area contributed by atoms with Crippen molar-refractivity contribution < 1.29 is 0 Å². The lowest BCUT2D eigenvalue weighted by Crippen LogP contribution is -2.08. The Bertz CT molecular complexity index is 453. The van der Waals surface area contributed by atoms with Gasteiger partial charge in [0.05, 0.1) is 5.69 Å². The third-order valence-electron chi connectivity index (χ3n) is 2.61. The van der Waals surface area contributed by atoms with Gasteiger partial charge in [0.2, 0.25) is 0 Å². The van der Waals surface area contributed by atoms with E-state index in [1.165, 1.54) is 10.6 Å². The Labute approximate surface area is 99.3 Å². The molecule has 2 aromatic rings. The van der Waals surface area contributed by atoms with Crippen molar-refractivity contribution in [3.05, 3.63) is 28.5 Å². The molecule has 0 aliphatic heterocycles. The Kier molecular flexibility index (Phi) is 3.24. The predicted molar refractivity (Wildman–Crippen MR) is 67.0 cm³/mol. The summed E-state index contributed by atoms with van der Waals surface area (Å²) in [6.07, 6.45) is 2.79. The molecule has 0 atom stereocenters. The molecule has 0 aliphatic rings. The van der Waals surface area contributed by atoms with Gasteiger partial charge >= 0.3 is 0 Å². The van der Waals surface area contributed by atoms with Gasteiger partial charge in [-0.3, -0.25) is 4.68 Å². The molecule has 0 saturated heterocycles. The van der Waals surface area contributed by atoms with Crippen molar-refractivity contribution in [1.82, 2.24) is 14.8 Å². The molecule has 0 saturated carbocycles. The quantitative estimate of drug-likeness (QED) is 0.884. The van der Waals surface area contributed by atoms with Gasteiger partial charge in [-0.05, 0) is 19.9 Å². The average molecular weight is 236 g/mol. The Morgan fingerprint density at radius 3 is 2.81 bits per heavy atom. The van der Waals surface area contributed by atoms with Crippen molar-refractivity contribution in [1.29, 1.82) is 0 Å². The van der Waals surface area contributed by atoms with Crippen LogP contribution in [-0.4, -0.2) is 21.3 Å². The SMILES string of the molecule is Cc1nc(NCCc2ccnn2C)sc1C. The largest absolute Gasteiger partial charge is 0.361 e. The van der Waals surface area contributed by atoms with E-state index in [1.807, 2.05) is 30.9 Å². The van der Waals surface area contributed by atoms with Crippen molar-refractivity contribution >= 4 is 16.5 Å². The summed E-state index contributed by atoms with van der Waals surface area (Å²) in [5.41, 5.74) is 2.35. The van der Waals surface area contributed by atoms with Crippen LogP contribution in [0.15, 0.2) is 12.3 Å². The summed E-state index contributed by atoms with van der Waals surface area (Å²) in [5, 5.41) is 8.49. The van der Waals surface area contributed by atoms with Crippen LogP contribution in [0.2, 0.25) is 0 Å². The molecule has 0 fully saturated rings. The van der Waals surface area contributed by atoms with E-state index >= 15 is 0 Å². The molecular weight excluding hydrogens is 220 g/mol. The monoisotopic (exact) mass is 236 g/mol. The molecule has 1 N–H and O–H groups in total. The number of hydrogen-bond acceptors (Lipinski definition) is 4. The maximum Gasteiger partial charge on any atom is 0.183 e. The normalized spacial score (nSPS) is 10.7. The first kappa shape index (κ1) is 11.1.